The molecule has 0 amide bonds. The normalized spacial score (nSPS) is 10.5. The first-order chi connectivity index (χ1) is 4.88. The van der Waals surface area contributed by atoms with Crippen LogP contribution in [-0.2, 0) is 0 Å². The number of pyridine rings is 1. The molecule has 0 atom stereocenters. The Kier molecular flexibility index (Phi) is 1.04. The molecule has 10 heavy (non-hydrogen) atoms. The maximum atomic E-state index is 3.16. The van der Waals surface area contributed by atoms with Gasteiger partial charge in [-0.3, -0.25) is 0 Å². The van der Waals surface area contributed by atoms with Gasteiger partial charge in [0.15, 0.2) is 0 Å². The van der Waals surface area contributed by atoms with E-state index < -0.39 is 0 Å². The van der Waals surface area contributed by atoms with E-state index in [2.05, 4.69) is 36.2 Å². The number of nitrogens with one attached hydrogen (secondary N) is 1. The maximum Gasteiger partial charge on any atom is 0.0194 e. The molecule has 1 aliphatic carbocycles. The summed E-state index contributed by atoms with van der Waals surface area (Å²) < 4.78 is 0. The summed E-state index contributed by atoms with van der Waals surface area (Å²) in [5.74, 6) is 0. The first-order valence-corrected chi connectivity index (χ1v) is 3.40. The number of rotatable bonds is 0. The highest BCUT2D eigenvalue weighted by Gasteiger charge is 2.01. The summed E-state index contributed by atoms with van der Waals surface area (Å²) in [7, 11) is 0. The maximum absolute atomic E-state index is 3.16. The Balaban J connectivity index is 2.80. The lowest BCUT2D eigenvalue weighted by Gasteiger charge is -2.00. The zero-order valence-electron chi connectivity index (χ0n) is 5.89. The van der Waals surface area contributed by atoms with Crippen molar-refractivity contribution in [2.24, 2.45) is 0 Å². The number of fused-ring (bicyclic) bond motifs is 1. The number of hydrogen-bond donors (Lipinski definition) is 1. The van der Waals surface area contributed by atoms with Crippen molar-refractivity contribution in [2.75, 3.05) is 0 Å². The molecular weight excluding hydrogens is 122 g/mol. The highest BCUT2D eigenvalue weighted by molar-refractivity contribution is 5.68. The Bertz CT molecular complexity index is 309. The fraction of sp³-hybridized carbons (Fsp3) is 0.111. The Labute approximate surface area is 60.0 Å². The molecule has 1 heterocycles. The second-order valence-corrected chi connectivity index (χ2v) is 2.50. The molecular formula is C9H9N. The van der Waals surface area contributed by atoms with E-state index in [1.54, 1.807) is 0 Å². The largest absolute Gasteiger partial charge is 0.365 e. The molecule has 0 saturated heterocycles. The Morgan fingerprint density at radius 1 is 1.20 bits per heavy atom. The molecule has 0 radical (unpaired) electrons. The third kappa shape index (κ3) is 0.637. The standard InChI is InChI=1S/C9H9N/c1-7-9-4-2-3-8(9)5-6-10-7/h2-6,10H,1H3. The molecule has 1 nitrogen and oxygen atoms in total. The molecule has 0 fully saturated rings. The minimum Gasteiger partial charge on any atom is -0.365 e. The average molecular weight is 131 g/mol. The van der Waals surface area contributed by atoms with Gasteiger partial charge in [0.1, 0.15) is 0 Å². The van der Waals surface area contributed by atoms with Crippen molar-refractivity contribution >= 4 is 0 Å². The van der Waals surface area contributed by atoms with Crippen LogP contribution in [0.2, 0.25) is 0 Å². The lowest BCUT2D eigenvalue weighted by molar-refractivity contribution is 1.21. The van der Waals surface area contributed by atoms with Crippen molar-refractivity contribution in [2.45, 2.75) is 6.92 Å². The molecule has 0 aromatic carbocycles. The van der Waals surface area contributed by atoms with Crippen LogP contribution in [0.3, 0.4) is 0 Å². The van der Waals surface area contributed by atoms with Crippen molar-refractivity contribution in [3.05, 3.63) is 36.2 Å². The van der Waals surface area contributed by atoms with Gasteiger partial charge in [-0.15, -0.1) is 0 Å². The average Bonchev–Trinajstić information content (AvgIpc) is 2.36. The van der Waals surface area contributed by atoms with E-state index in [4.69, 9.17) is 0 Å². The van der Waals surface area contributed by atoms with Crippen molar-refractivity contribution in [1.82, 2.24) is 4.98 Å². The first kappa shape index (κ1) is 5.54. The monoisotopic (exact) mass is 131 g/mol. The van der Waals surface area contributed by atoms with Gasteiger partial charge in [0.25, 0.3) is 0 Å². The molecule has 2 rings (SSSR count). The topological polar surface area (TPSA) is 15.8 Å². The summed E-state index contributed by atoms with van der Waals surface area (Å²) in [6, 6.07) is 8.41. The van der Waals surface area contributed by atoms with Gasteiger partial charge in [-0.1, -0.05) is 18.2 Å². The van der Waals surface area contributed by atoms with Gasteiger partial charge in [-0.25, -0.2) is 0 Å². The van der Waals surface area contributed by atoms with Crippen molar-refractivity contribution in [3.8, 4) is 11.1 Å². The second kappa shape index (κ2) is 1.87. The highest BCUT2D eigenvalue weighted by Crippen LogP contribution is 2.23. The molecule has 0 spiro atoms. The van der Waals surface area contributed by atoms with E-state index >= 15 is 0 Å². The molecule has 0 aromatic rings. The molecule has 0 bridgehead atoms. The minimum atomic E-state index is 1.24. The molecule has 1 aliphatic heterocycles. The highest BCUT2D eigenvalue weighted by atomic mass is 14.7. The van der Waals surface area contributed by atoms with Gasteiger partial charge in [0.05, 0.1) is 0 Å². The van der Waals surface area contributed by atoms with Crippen molar-refractivity contribution < 1.29 is 0 Å². The summed E-state index contributed by atoms with van der Waals surface area (Å²) in [5, 5.41) is 0. The Hall–Kier alpha value is -1.24. The van der Waals surface area contributed by atoms with Gasteiger partial charge >= 0.3 is 0 Å². The number of aromatic amines is 1. The van der Waals surface area contributed by atoms with Crippen LogP contribution in [0.4, 0.5) is 0 Å². The predicted octanol–water partition coefficient (Wildman–Crippen LogP) is 2.43. The Morgan fingerprint density at radius 3 is 2.90 bits per heavy atom. The van der Waals surface area contributed by atoms with Crippen LogP contribution in [0.15, 0.2) is 30.5 Å². The summed E-state index contributed by atoms with van der Waals surface area (Å²) in [6.45, 7) is 2.09. The van der Waals surface area contributed by atoms with Crippen LogP contribution >= 0.6 is 0 Å². The molecule has 0 unspecified atom stereocenters. The Morgan fingerprint density at radius 2 is 2.10 bits per heavy atom. The molecule has 2 aliphatic rings. The zero-order chi connectivity index (χ0) is 6.97. The van der Waals surface area contributed by atoms with Crippen LogP contribution in [0.25, 0.3) is 11.1 Å². The summed E-state index contributed by atoms with van der Waals surface area (Å²) >= 11 is 0. The van der Waals surface area contributed by atoms with E-state index in [9.17, 15) is 0 Å². The molecule has 1 heteroatoms. The van der Waals surface area contributed by atoms with E-state index in [-0.39, 0.29) is 0 Å². The first-order valence-electron chi connectivity index (χ1n) is 3.40. The van der Waals surface area contributed by atoms with Crippen LogP contribution in [0.5, 0.6) is 0 Å². The lowest BCUT2D eigenvalue weighted by Crippen LogP contribution is -1.82. The number of aromatic nitrogens is 1. The summed E-state index contributed by atoms with van der Waals surface area (Å²) in [6.07, 6.45) is 1.97. The van der Waals surface area contributed by atoms with Crippen LogP contribution < -0.4 is 0 Å². The third-order valence-corrected chi connectivity index (χ3v) is 1.82. The van der Waals surface area contributed by atoms with Crippen molar-refractivity contribution in [3.63, 3.8) is 0 Å². The van der Waals surface area contributed by atoms with Crippen LogP contribution in [0.1, 0.15) is 5.69 Å². The number of aryl methyl sites for hydroxylation is 1. The van der Waals surface area contributed by atoms with E-state index in [1.807, 2.05) is 6.20 Å². The van der Waals surface area contributed by atoms with E-state index in [0.717, 1.165) is 0 Å². The zero-order valence-corrected chi connectivity index (χ0v) is 5.89. The third-order valence-electron chi connectivity index (χ3n) is 1.82. The smallest absolute Gasteiger partial charge is 0.0194 e. The SMILES string of the molecule is Cc1[nH]ccc2cccc1-2. The van der Waals surface area contributed by atoms with Crippen LogP contribution in [0, 0.1) is 6.92 Å². The van der Waals surface area contributed by atoms with E-state index in [0.29, 0.717) is 0 Å². The minimum absolute atomic E-state index is 1.24. The molecule has 50 valence electrons. The van der Waals surface area contributed by atoms with Gasteiger partial charge in [0, 0.05) is 17.5 Å². The molecule has 0 saturated carbocycles. The summed E-state index contributed by atoms with van der Waals surface area (Å²) in [5.41, 5.74) is 3.88. The second-order valence-electron chi connectivity index (χ2n) is 2.50. The number of H-pyrrole nitrogens is 1. The molecule has 0 aromatic heterocycles. The van der Waals surface area contributed by atoms with Gasteiger partial charge in [0.2, 0.25) is 0 Å². The molecule has 1 N–H and O–H groups in total. The van der Waals surface area contributed by atoms with Gasteiger partial charge in [-0.05, 0) is 18.6 Å². The fourth-order valence-electron chi connectivity index (χ4n) is 1.26. The lowest BCUT2D eigenvalue weighted by atomic mass is 10.1. The number of hydrogen-bond acceptors (Lipinski definition) is 0. The quantitative estimate of drug-likeness (QED) is 0.565. The van der Waals surface area contributed by atoms with E-state index in [1.165, 1.54) is 16.8 Å². The predicted molar refractivity (Wildman–Crippen MR) is 42.2 cm³/mol. The van der Waals surface area contributed by atoms with Crippen LogP contribution in [-0.4, -0.2) is 4.98 Å². The van der Waals surface area contributed by atoms with Crippen molar-refractivity contribution in [1.29, 1.82) is 0 Å². The van der Waals surface area contributed by atoms with Gasteiger partial charge < -0.3 is 4.98 Å². The van der Waals surface area contributed by atoms with Gasteiger partial charge in [-0.2, -0.15) is 0 Å². The fourth-order valence-corrected chi connectivity index (χ4v) is 1.26. The summed E-state index contributed by atoms with van der Waals surface area (Å²) in [4.78, 5) is 3.16.